The molecule has 2 fully saturated rings. The lowest BCUT2D eigenvalue weighted by Gasteiger charge is -2.38. The molecule has 1 aromatic rings. The highest BCUT2D eigenvalue weighted by Crippen LogP contribution is 2.36. The van der Waals surface area contributed by atoms with Crippen molar-refractivity contribution in [2.75, 3.05) is 6.54 Å². The zero-order chi connectivity index (χ0) is 13.3. The molecule has 2 N–H and O–H groups in total. The summed E-state index contributed by atoms with van der Waals surface area (Å²) in [5.74, 6) is 0.291. The first-order valence-electron chi connectivity index (χ1n) is 7.38. The van der Waals surface area contributed by atoms with E-state index >= 15 is 0 Å². The topological polar surface area (TPSA) is 32.3 Å². The molecule has 3 rings (SSSR count). The Balaban J connectivity index is 1.62. The number of hydrogen-bond acceptors (Lipinski definition) is 2. The van der Waals surface area contributed by atoms with Gasteiger partial charge in [0.15, 0.2) is 0 Å². The van der Waals surface area contributed by atoms with Crippen LogP contribution in [-0.4, -0.2) is 23.3 Å². The van der Waals surface area contributed by atoms with Gasteiger partial charge < -0.3 is 10.4 Å². The van der Waals surface area contributed by atoms with Crippen LogP contribution in [0.2, 0.25) is 0 Å². The van der Waals surface area contributed by atoms with Gasteiger partial charge in [0, 0.05) is 12.6 Å². The minimum atomic E-state index is -0.462. The third-order valence-corrected chi connectivity index (χ3v) is 4.79. The molecule has 2 aliphatic carbocycles. The Kier molecular flexibility index (Phi) is 3.59. The summed E-state index contributed by atoms with van der Waals surface area (Å²) in [6, 6.07) is 7.32. The minimum Gasteiger partial charge on any atom is -0.389 e. The Morgan fingerprint density at radius 3 is 2.53 bits per heavy atom. The number of rotatable bonds is 4. The second-order valence-electron chi connectivity index (χ2n) is 6.15. The molecule has 0 aromatic heterocycles. The zero-order valence-electron chi connectivity index (χ0n) is 11.2. The summed E-state index contributed by atoms with van der Waals surface area (Å²) in [5, 5.41) is 13.7. The Hall–Kier alpha value is -0.930. The molecule has 0 amide bonds. The van der Waals surface area contributed by atoms with Crippen LogP contribution >= 0.6 is 0 Å². The molecule has 0 radical (unpaired) electrons. The number of aliphatic hydroxyl groups is 1. The molecule has 1 aromatic carbocycles. The van der Waals surface area contributed by atoms with Crippen LogP contribution in [0.3, 0.4) is 0 Å². The van der Waals surface area contributed by atoms with Gasteiger partial charge in [0.25, 0.3) is 0 Å². The largest absolute Gasteiger partial charge is 0.389 e. The number of nitrogens with one attached hydrogen (secondary N) is 1. The standard InChI is InChI=1S/C16H22FNO/c17-13-7-5-12(6-8-13)14-3-1-4-15(14)18-11-16(19)9-2-10-16/h5-8,14-15,18-19H,1-4,9-11H2. The van der Waals surface area contributed by atoms with Crippen molar-refractivity contribution in [3.05, 3.63) is 35.6 Å². The van der Waals surface area contributed by atoms with Gasteiger partial charge in [0.2, 0.25) is 0 Å². The summed E-state index contributed by atoms with van der Waals surface area (Å²) >= 11 is 0. The van der Waals surface area contributed by atoms with E-state index in [9.17, 15) is 9.50 Å². The zero-order valence-corrected chi connectivity index (χ0v) is 11.2. The molecular weight excluding hydrogens is 241 g/mol. The van der Waals surface area contributed by atoms with Gasteiger partial charge >= 0.3 is 0 Å². The van der Waals surface area contributed by atoms with Crippen LogP contribution < -0.4 is 5.32 Å². The van der Waals surface area contributed by atoms with Crippen molar-refractivity contribution in [3.63, 3.8) is 0 Å². The summed E-state index contributed by atoms with van der Waals surface area (Å²) in [4.78, 5) is 0. The van der Waals surface area contributed by atoms with Crippen LogP contribution in [0, 0.1) is 5.82 Å². The number of halogens is 1. The van der Waals surface area contributed by atoms with Crippen molar-refractivity contribution < 1.29 is 9.50 Å². The van der Waals surface area contributed by atoms with Gasteiger partial charge in [0.05, 0.1) is 5.60 Å². The number of hydrogen-bond donors (Lipinski definition) is 2. The SMILES string of the molecule is OC1(CNC2CCCC2c2ccc(F)cc2)CCC1. The van der Waals surface area contributed by atoms with Crippen LogP contribution in [0.25, 0.3) is 0 Å². The van der Waals surface area contributed by atoms with Gasteiger partial charge in [-0.15, -0.1) is 0 Å². The monoisotopic (exact) mass is 263 g/mol. The summed E-state index contributed by atoms with van der Waals surface area (Å²) in [6.45, 7) is 0.704. The molecule has 2 unspecified atom stereocenters. The Morgan fingerprint density at radius 1 is 1.16 bits per heavy atom. The first-order valence-corrected chi connectivity index (χ1v) is 7.38. The van der Waals surface area contributed by atoms with E-state index in [0.29, 0.717) is 18.5 Å². The van der Waals surface area contributed by atoms with Gasteiger partial charge in [-0.25, -0.2) is 4.39 Å². The summed E-state index contributed by atoms with van der Waals surface area (Å²) in [6.07, 6.45) is 6.50. The fourth-order valence-electron chi connectivity index (χ4n) is 3.40. The predicted molar refractivity (Wildman–Crippen MR) is 73.6 cm³/mol. The molecule has 0 aliphatic heterocycles. The molecule has 3 heteroatoms. The number of benzene rings is 1. The molecule has 19 heavy (non-hydrogen) atoms. The van der Waals surface area contributed by atoms with Crippen LogP contribution in [0.4, 0.5) is 4.39 Å². The molecule has 0 bridgehead atoms. The third kappa shape index (κ3) is 2.82. The summed E-state index contributed by atoms with van der Waals surface area (Å²) in [7, 11) is 0. The third-order valence-electron chi connectivity index (χ3n) is 4.79. The van der Waals surface area contributed by atoms with Crippen molar-refractivity contribution in [3.8, 4) is 0 Å². The van der Waals surface area contributed by atoms with Crippen molar-refractivity contribution in [2.45, 2.75) is 56.1 Å². The van der Waals surface area contributed by atoms with Crippen LogP contribution in [0.5, 0.6) is 0 Å². The van der Waals surface area contributed by atoms with Gasteiger partial charge in [-0.3, -0.25) is 0 Å². The van der Waals surface area contributed by atoms with E-state index in [1.807, 2.05) is 12.1 Å². The average molecular weight is 263 g/mol. The second kappa shape index (κ2) is 5.22. The van der Waals surface area contributed by atoms with E-state index in [1.165, 1.54) is 12.0 Å². The van der Waals surface area contributed by atoms with E-state index in [-0.39, 0.29) is 5.82 Å². The Labute approximate surface area is 114 Å². The van der Waals surface area contributed by atoms with Crippen molar-refractivity contribution in [1.29, 1.82) is 0 Å². The smallest absolute Gasteiger partial charge is 0.123 e. The van der Waals surface area contributed by atoms with Gasteiger partial charge in [-0.05, 0) is 55.7 Å². The Morgan fingerprint density at radius 2 is 1.89 bits per heavy atom. The molecular formula is C16H22FNO. The van der Waals surface area contributed by atoms with Gasteiger partial charge in [-0.1, -0.05) is 18.6 Å². The van der Waals surface area contributed by atoms with Crippen molar-refractivity contribution in [1.82, 2.24) is 5.32 Å². The maximum atomic E-state index is 13.0. The minimum absolute atomic E-state index is 0.171. The molecule has 104 valence electrons. The first kappa shape index (κ1) is 13.1. The van der Waals surface area contributed by atoms with Gasteiger partial charge in [0.1, 0.15) is 5.82 Å². The summed E-state index contributed by atoms with van der Waals surface area (Å²) < 4.78 is 13.0. The molecule has 2 atom stereocenters. The molecule has 0 saturated heterocycles. The summed E-state index contributed by atoms with van der Waals surface area (Å²) in [5.41, 5.74) is 0.757. The first-order chi connectivity index (χ1) is 9.16. The maximum absolute atomic E-state index is 13.0. The molecule has 2 saturated carbocycles. The van der Waals surface area contributed by atoms with E-state index in [1.54, 1.807) is 12.1 Å². The van der Waals surface area contributed by atoms with E-state index < -0.39 is 5.60 Å². The van der Waals surface area contributed by atoms with Crippen LogP contribution in [0.15, 0.2) is 24.3 Å². The predicted octanol–water partition coefficient (Wildman–Crippen LogP) is 2.97. The fourth-order valence-corrected chi connectivity index (χ4v) is 3.40. The highest BCUT2D eigenvalue weighted by molar-refractivity contribution is 5.23. The normalized spacial score (nSPS) is 29.2. The van der Waals surface area contributed by atoms with E-state index in [2.05, 4.69) is 5.32 Å². The Bertz CT molecular complexity index is 427. The lowest BCUT2D eigenvalue weighted by atomic mass is 9.80. The van der Waals surface area contributed by atoms with E-state index in [4.69, 9.17) is 0 Å². The van der Waals surface area contributed by atoms with Crippen molar-refractivity contribution >= 4 is 0 Å². The molecule has 2 nitrogen and oxygen atoms in total. The highest BCUT2D eigenvalue weighted by Gasteiger charge is 2.36. The molecule has 2 aliphatic rings. The maximum Gasteiger partial charge on any atom is 0.123 e. The van der Waals surface area contributed by atoms with Crippen LogP contribution in [-0.2, 0) is 0 Å². The van der Waals surface area contributed by atoms with Crippen molar-refractivity contribution in [2.24, 2.45) is 0 Å². The quantitative estimate of drug-likeness (QED) is 0.875. The molecule has 0 heterocycles. The fraction of sp³-hybridized carbons (Fsp3) is 0.625. The average Bonchev–Trinajstić information content (AvgIpc) is 2.83. The molecule has 0 spiro atoms. The van der Waals surface area contributed by atoms with Gasteiger partial charge in [-0.2, -0.15) is 0 Å². The van der Waals surface area contributed by atoms with Crippen LogP contribution in [0.1, 0.15) is 50.0 Å². The lowest BCUT2D eigenvalue weighted by Crippen LogP contribution is -2.49. The van der Waals surface area contributed by atoms with E-state index in [0.717, 1.165) is 32.1 Å². The second-order valence-corrected chi connectivity index (χ2v) is 6.15. The lowest BCUT2D eigenvalue weighted by molar-refractivity contribution is -0.0334. The highest BCUT2D eigenvalue weighted by atomic mass is 19.1.